The standard InChI is InChI=1S/C37H43N3O5S/c1-6-29(5)38-37(42)35(7-2)39(25-30-13-11-12-28(4)24-30)36(41)26-40(46(43,44)34-22-16-27(3)17-23-34)31-18-20-33(21-19-31)45-32-14-9-8-10-15-32/h8-24,29,35H,6-7,25-26H2,1-5H3,(H,38,42)/t29-,35-/m1/s1. The van der Waals surface area contributed by atoms with Gasteiger partial charge in [-0.15, -0.1) is 0 Å². The molecule has 0 saturated heterocycles. The van der Waals surface area contributed by atoms with E-state index in [2.05, 4.69) is 5.32 Å². The van der Waals surface area contributed by atoms with Gasteiger partial charge < -0.3 is 15.0 Å². The third-order valence-electron chi connectivity index (χ3n) is 7.81. The van der Waals surface area contributed by atoms with Crippen LogP contribution in [0.25, 0.3) is 0 Å². The zero-order chi connectivity index (χ0) is 33.3. The lowest BCUT2D eigenvalue weighted by atomic mass is 10.1. The van der Waals surface area contributed by atoms with Gasteiger partial charge in [-0.3, -0.25) is 13.9 Å². The van der Waals surface area contributed by atoms with E-state index in [4.69, 9.17) is 4.74 Å². The number of anilines is 1. The summed E-state index contributed by atoms with van der Waals surface area (Å²) in [5, 5.41) is 3.01. The van der Waals surface area contributed by atoms with E-state index in [0.717, 1.165) is 27.4 Å². The Morgan fingerprint density at radius 3 is 2.04 bits per heavy atom. The molecule has 0 fully saturated rings. The Balaban J connectivity index is 1.73. The second-order valence-electron chi connectivity index (χ2n) is 11.5. The van der Waals surface area contributed by atoms with Gasteiger partial charge >= 0.3 is 0 Å². The molecule has 0 bridgehead atoms. The highest BCUT2D eigenvalue weighted by molar-refractivity contribution is 7.92. The number of carbonyl (C=O) groups excluding carboxylic acids is 2. The smallest absolute Gasteiger partial charge is 0.264 e. The zero-order valence-corrected chi connectivity index (χ0v) is 28.0. The van der Waals surface area contributed by atoms with Crippen LogP contribution in [0.3, 0.4) is 0 Å². The molecular weight excluding hydrogens is 598 g/mol. The summed E-state index contributed by atoms with van der Waals surface area (Å²) >= 11 is 0. The third kappa shape index (κ3) is 8.75. The van der Waals surface area contributed by atoms with Gasteiger partial charge in [-0.05, 0) is 87.7 Å². The van der Waals surface area contributed by atoms with Gasteiger partial charge in [-0.2, -0.15) is 0 Å². The average molecular weight is 642 g/mol. The molecule has 4 aromatic rings. The van der Waals surface area contributed by atoms with E-state index in [0.29, 0.717) is 23.6 Å². The average Bonchev–Trinajstić information content (AvgIpc) is 3.04. The van der Waals surface area contributed by atoms with Gasteiger partial charge in [0, 0.05) is 12.6 Å². The number of aryl methyl sites for hydroxylation is 2. The lowest BCUT2D eigenvalue weighted by molar-refractivity contribution is -0.140. The Bertz CT molecular complexity index is 1710. The Labute approximate surface area is 273 Å². The molecule has 0 aromatic heterocycles. The lowest BCUT2D eigenvalue weighted by Crippen LogP contribution is -2.53. The van der Waals surface area contributed by atoms with Crippen LogP contribution < -0.4 is 14.4 Å². The topological polar surface area (TPSA) is 96.0 Å². The van der Waals surface area contributed by atoms with Gasteiger partial charge in [0.25, 0.3) is 10.0 Å². The van der Waals surface area contributed by atoms with Crippen LogP contribution >= 0.6 is 0 Å². The van der Waals surface area contributed by atoms with Crippen LogP contribution in [-0.2, 0) is 26.2 Å². The summed E-state index contributed by atoms with van der Waals surface area (Å²) in [4.78, 5) is 29.4. The molecule has 0 aliphatic carbocycles. The van der Waals surface area contributed by atoms with Gasteiger partial charge in [0.1, 0.15) is 24.1 Å². The maximum atomic E-state index is 14.3. The number of hydrogen-bond acceptors (Lipinski definition) is 5. The summed E-state index contributed by atoms with van der Waals surface area (Å²) in [6.45, 7) is 9.22. The number of sulfonamides is 1. The number of hydrogen-bond donors (Lipinski definition) is 1. The minimum atomic E-state index is -4.18. The van der Waals surface area contributed by atoms with Crippen LogP contribution in [0.4, 0.5) is 5.69 Å². The summed E-state index contributed by atoms with van der Waals surface area (Å²) < 4.78 is 35.4. The number of nitrogens with zero attached hydrogens (tertiary/aromatic N) is 2. The van der Waals surface area contributed by atoms with Crippen molar-refractivity contribution >= 4 is 27.5 Å². The van der Waals surface area contributed by atoms with Crippen LogP contribution in [0.1, 0.15) is 50.3 Å². The summed E-state index contributed by atoms with van der Waals surface area (Å²) in [6, 6.07) is 29.2. The van der Waals surface area contributed by atoms with Crippen molar-refractivity contribution in [1.29, 1.82) is 0 Å². The third-order valence-corrected chi connectivity index (χ3v) is 9.60. The molecule has 0 radical (unpaired) electrons. The highest BCUT2D eigenvalue weighted by Crippen LogP contribution is 2.29. The molecule has 1 N–H and O–H groups in total. The van der Waals surface area contributed by atoms with E-state index in [1.165, 1.54) is 17.0 Å². The monoisotopic (exact) mass is 641 g/mol. The van der Waals surface area contributed by atoms with Crippen molar-refractivity contribution in [1.82, 2.24) is 10.2 Å². The SMILES string of the molecule is CC[C@@H](C)NC(=O)[C@@H](CC)N(Cc1cccc(C)c1)C(=O)CN(c1ccc(Oc2ccccc2)cc1)S(=O)(=O)c1ccc(C)cc1. The first-order chi connectivity index (χ1) is 22.0. The highest BCUT2D eigenvalue weighted by Gasteiger charge is 2.34. The molecule has 0 aliphatic rings. The Morgan fingerprint density at radius 1 is 0.783 bits per heavy atom. The number of carbonyl (C=O) groups is 2. The number of ether oxygens (including phenoxy) is 1. The molecule has 2 amide bonds. The second-order valence-corrected chi connectivity index (χ2v) is 13.3. The molecule has 0 aliphatic heterocycles. The largest absolute Gasteiger partial charge is 0.457 e. The fourth-order valence-electron chi connectivity index (χ4n) is 5.04. The van der Waals surface area contributed by atoms with Crippen LogP contribution in [-0.4, -0.2) is 43.8 Å². The molecule has 0 unspecified atom stereocenters. The predicted molar refractivity (Wildman–Crippen MR) is 182 cm³/mol. The van der Waals surface area contributed by atoms with Crippen molar-refractivity contribution < 1.29 is 22.7 Å². The first kappa shape index (κ1) is 34.2. The van der Waals surface area contributed by atoms with E-state index in [-0.39, 0.29) is 23.4 Å². The molecule has 4 aromatic carbocycles. The lowest BCUT2D eigenvalue weighted by Gasteiger charge is -2.33. The van der Waals surface area contributed by atoms with Crippen LogP contribution in [0.15, 0.2) is 108 Å². The Morgan fingerprint density at radius 2 is 1.43 bits per heavy atom. The van der Waals surface area contributed by atoms with Gasteiger partial charge in [-0.1, -0.05) is 79.6 Å². The normalized spacial score (nSPS) is 12.5. The summed E-state index contributed by atoms with van der Waals surface area (Å²) in [7, 11) is -4.18. The van der Waals surface area contributed by atoms with Crippen molar-refractivity contribution in [3.8, 4) is 11.5 Å². The van der Waals surface area contributed by atoms with Crippen LogP contribution in [0, 0.1) is 13.8 Å². The van der Waals surface area contributed by atoms with Crippen molar-refractivity contribution in [3.05, 3.63) is 120 Å². The Hall–Kier alpha value is -4.63. The molecule has 46 heavy (non-hydrogen) atoms. The molecule has 4 rings (SSSR count). The number of amides is 2. The van der Waals surface area contributed by atoms with E-state index in [9.17, 15) is 18.0 Å². The van der Waals surface area contributed by atoms with Crippen molar-refractivity contribution in [2.45, 2.75) is 71.0 Å². The predicted octanol–water partition coefficient (Wildman–Crippen LogP) is 7.01. The van der Waals surface area contributed by atoms with Gasteiger partial charge in [0.15, 0.2) is 0 Å². The molecule has 9 heteroatoms. The van der Waals surface area contributed by atoms with Gasteiger partial charge in [0.2, 0.25) is 11.8 Å². The van der Waals surface area contributed by atoms with Gasteiger partial charge in [-0.25, -0.2) is 8.42 Å². The van der Waals surface area contributed by atoms with Gasteiger partial charge in [0.05, 0.1) is 10.6 Å². The van der Waals surface area contributed by atoms with E-state index < -0.39 is 28.5 Å². The molecule has 0 spiro atoms. The van der Waals surface area contributed by atoms with Crippen LogP contribution in [0.2, 0.25) is 0 Å². The maximum Gasteiger partial charge on any atom is 0.264 e. The van der Waals surface area contributed by atoms with E-state index in [1.807, 2.05) is 89.2 Å². The summed E-state index contributed by atoms with van der Waals surface area (Å²) in [6.07, 6.45) is 1.09. The molecule has 0 heterocycles. The summed E-state index contributed by atoms with van der Waals surface area (Å²) in [5.74, 6) is 0.395. The van der Waals surface area contributed by atoms with Crippen molar-refractivity contribution in [2.75, 3.05) is 10.8 Å². The fraction of sp³-hybridized carbons (Fsp3) is 0.297. The number of benzene rings is 4. The zero-order valence-electron chi connectivity index (χ0n) is 27.1. The number of nitrogens with one attached hydrogen (secondary N) is 1. The molecular formula is C37H43N3O5S. The minimum Gasteiger partial charge on any atom is -0.457 e. The maximum absolute atomic E-state index is 14.3. The van der Waals surface area contributed by atoms with E-state index in [1.54, 1.807) is 36.4 Å². The van der Waals surface area contributed by atoms with Crippen molar-refractivity contribution in [3.63, 3.8) is 0 Å². The minimum absolute atomic E-state index is 0.0577. The number of rotatable bonds is 14. The quantitative estimate of drug-likeness (QED) is 0.160. The second kappa shape index (κ2) is 15.6. The first-order valence-electron chi connectivity index (χ1n) is 15.6. The molecule has 2 atom stereocenters. The molecule has 8 nitrogen and oxygen atoms in total. The summed E-state index contributed by atoms with van der Waals surface area (Å²) in [5.41, 5.74) is 3.07. The van der Waals surface area contributed by atoms with E-state index >= 15 is 0 Å². The molecule has 0 saturated carbocycles. The molecule has 242 valence electrons. The number of para-hydroxylation sites is 1. The highest BCUT2D eigenvalue weighted by atomic mass is 32.2. The first-order valence-corrected chi connectivity index (χ1v) is 17.0. The Kier molecular flexibility index (Phi) is 11.6. The van der Waals surface area contributed by atoms with Crippen LogP contribution in [0.5, 0.6) is 11.5 Å². The fourth-order valence-corrected chi connectivity index (χ4v) is 6.45. The van der Waals surface area contributed by atoms with Crippen molar-refractivity contribution in [2.24, 2.45) is 0 Å².